The van der Waals surface area contributed by atoms with Crippen molar-refractivity contribution in [3.63, 3.8) is 0 Å². The van der Waals surface area contributed by atoms with Crippen LogP contribution in [0.3, 0.4) is 0 Å². The average molecular weight is 312 g/mol. The van der Waals surface area contributed by atoms with E-state index in [1.54, 1.807) is 0 Å². The number of amidine groups is 1. The van der Waals surface area contributed by atoms with Crippen LogP contribution in [0.25, 0.3) is 0 Å². The number of hydrogen-bond acceptors (Lipinski definition) is 4. The fourth-order valence-electron chi connectivity index (χ4n) is 4.90. The molecule has 3 N–H and O–H groups in total. The monoisotopic (exact) mass is 312 g/mol. The minimum absolute atomic E-state index is 0.0227. The highest BCUT2D eigenvalue weighted by Crippen LogP contribution is 2.49. The number of fused-ring (bicyclic) bond motifs is 1. The summed E-state index contributed by atoms with van der Waals surface area (Å²) in [4.78, 5) is 4.56. The van der Waals surface area contributed by atoms with Gasteiger partial charge in [-0.05, 0) is 51.4 Å². The summed E-state index contributed by atoms with van der Waals surface area (Å²) in [7, 11) is 0. The first kappa shape index (κ1) is 16.2. The highest BCUT2D eigenvalue weighted by Gasteiger charge is 2.58. The van der Waals surface area contributed by atoms with Crippen LogP contribution in [-0.4, -0.2) is 41.5 Å². The van der Waals surface area contributed by atoms with Crippen molar-refractivity contribution in [3.8, 4) is 0 Å². The van der Waals surface area contributed by atoms with E-state index in [-0.39, 0.29) is 24.0 Å². The van der Waals surface area contributed by atoms with E-state index in [2.05, 4.69) is 11.9 Å². The smallest absolute Gasteiger partial charge is 0.131 e. The van der Waals surface area contributed by atoms with Gasteiger partial charge in [0, 0.05) is 18.4 Å². The summed E-state index contributed by atoms with van der Waals surface area (Å²) in [6, 6.07) is 0.100. The highest BCUT2D eigenvalue weighted by molar-refractivity contribution is 5.91. The van der Waals surface area contributed by atoms with Gasteiger partial charge in [0.1, 0.15) is 17.6 Å². The van der Waals surface area contributed by atoms with Crippen LogP contribution in [0.5, 0.6) is 0 Å². The summed E-state index contributed by atoms with van der Waals surface area (Å²) < 4.78 is 19.9. The number of aliphatic imine (C=N–C) groups is 1. The van der Waals surface area contributed by atoms with Gasteiger partial charge in [0.25, 0.3) is 0 Å². The third-order valence-corrected chi connectivity index (χ3v) is 6.03. The summed E-state index contributed by atoms with van der Waals surface area (Å²) >= 11 is 0. The van der Waals surface area contributed by atoms with Crippen molar-refractivity contribution in [2.45, 2.75) is 76.3 Å². The van der Waals surface area contributed by atoms with Crippen LogP contribution in [-0.2, 0) is 4.74 Å². The van der Waals surface area contributed by atoms with Gasteiger partial charge in [-0.15, -0.1) is 0 Å². The molecule has 3 rings (SSSR count). The minimum Gasteiger partial charge on any atom is -0.385 e. The standard InChI is InChI=1S/C17H29FN2O2/c1-3-22-15-7-5-11(18)9-13(15)17(21)12-8-10(2)4-6-14(12)20-16(17)19/h10-15,21H,3-9H2,1-2H3,(H2,19,20). The number of alkyl halides is 1. The van der Waals surface area contributed by atoms with Crippen LogP contribution in [0.1, 0.15) is 52.4 Å². The Morgan fingerprint density at radius 1 is 1.27 bits per heavy atom. The molecule has 22 heavy (non-hydrogen) atoms. The molecule has 2 aliphatic carbocycles. The lowest BCUT2D eigenvalue weighted by atomic mass is 9.63. The molecule has 126 valence electrons. The van der Waals surface area contributed by atoms with E-state index in [4.69, 9.17) is 10.5 Å². The molecular weight excluding hydrogens is 283 g/mol. The van der Waals surface area contributed by atoms with E-state index >= 15 is 0 Å². The molecule has 7 atom stereocenters. The van der Waals surface area contributed by atoms with Crippen LogP contribution in [0, 0.1) is 17.8 Å². The average Bonchev–Trinajstić information content (AvgIpc) is 2.74. The Kier molecular flexibility index (Phi) is 4.47. The number of ether oxygens (including phenoxy) is 1. The molecule has 3 aliphatic rings. The minimum atomic E-state index is -1.19. The zero-order chi connectivity index (χ0) is 15.9. The molecule has 5 heteroatoms. The Bertz CT molecular complexity index is 444. The van der Waals surface area contributed by atoms with Crippen molar-refractivity contribution in [3.05, 3.63) is 0 Å². The van der Waals surface area contributed by atoms with E-state index in [9.17, 15) is 9.50 Å². The molecule has 7 unspecified atom stereocenters. The largest absolute Gasteiger partial charge is 0.385 e. The molecule has 2 fully saturated rings. The molecule has 1 heterocycles. The van der Waals surface area contributed by atoms with E-state index in [0.717, 1.165) is 19.3 Å². The molecule has 0 aromatic carbocycles. The van der Waals surface area contributed by atoms with Crippen LogP contribution in [0.4, 0.5) is 4.39 Å². The number of hydrogen-bond donors (Lipinski definition) is 2. The molecule has 0 aromatic rings. The Balaban J connectivity index is 1.90. The van der Waals surface area contributed by atoms with Gasteiger partial charge < -0.3 is 15.6 Å². The molecule has 1 aliphatic heterocycles. The van der Waals surface area contributed by atoms with Crippen molar-refractivity contribution in [1.29, 1.82) is 0 Å². The van der Waals surface area contributed by atoms with Crippen LogP contribution in [0.2, 0.25) is 0 Å². The summed E-state index contributed by atoms with van der Waals surface area (Å²) in [5, 5.41) is 11.5. The topological polar surface area (TPSA) is 67.8 Å². The Morgan fingerprint density at radius 2 is 2.05 bits per heavy atom. The molecule has 0 bridgehead atoms. The fourth-order valence-corrected chi connectivity index (χ4v) is 4.90. The Labute approximate surface area is 132 Å². The van der Waals surface area contributed by atoms with E-state index in [0.29, 0.717) is 37.6 Å². The molecular formula is C17H29FN2O2. The lowest BCUT2D eigenvalue weighted by Crippen LogP contribution is -2.59. The van der Waals surface area contributed by atoms with Crippen molar-refractivity contribution in [1.82, 2.24) is 0 Å². The normalized spacial score (nSPS) is 48.8. The third-order valence-electron chi connectivity index (χ3n) is 6.03. The molecule has 2 saturated carbocycles. The number of halogens is 1. The summed E-state index contributed by atoms with van der Waals surface area (Å²) in [6.45, 7) is 4.74. The lowest BCUT2D eigenvalue weighted by Gasteiger charge is -2.46. The fraction of sp³-hybridized carbons (Fsp3) is 0.941. The summed E-state index contributed by atoms with van der Waals surface area (Å²) in [6.07, 6.45) is 3.51. The summed E-state index contributed by atoms with van der Waals surface area (Å²) in [5.74, 6) is 0.624. The van der Waals surface area contributed by atoms with Crippen LogP contribution >= 0.6 is 0 Å². The SMILES string of the molecule is CCOC1CCC(F)CC1C1(O)C(N)=NC2CCC(C)CC21. The van der Waals surface area contributed by atoms with Gasteiger partial charge in [0.15, 0.2) is 0 Å². The number of nitrogens with two attached hydrogens (primary N) is 1. The molecule has 0 radical (unpaired) electrons. The van der Waals surface area contributed by atoms with Crippen molar-refractivity contribution in [2.75, 3.05) is 6.61 Å². The number of aliphatic hydroxyl groups is 1. The lowest BCUT2D eigenvalue weighted by molar-refractivity contribution is -0.116. The predicted molar refractivity (Wildman–Crippen MR) is 84.5 cm³/mol. The Hall–Kier alpha value is -0.680. The molecule has 0 spiro atoms. The molecule has 4 nitrogen and oxygen atoms in total. The van der Waals surface area contributed by atoms with Gasteiger partial charge in [-0.1, -0.05) is 6.92 Å². The number of rotatable bonds is 3. The van der Waals surface area contributed by atoms with Gasteiger partial charge in [-0.25, -0.2) is 4.39 Å². The second-order valence-electron chi connectivity index (χ2n) is 7.44. The maximum Gasteiger partial charge on any atom is 0.131 e. The van der Waals surface area contributed by atoms with Crippen LogP contribution in [0.15, 0.2) is 4.99 Å². The first-order valence-electron chi connectivity index (χ1n) is 8.78. The molecule has 0 aromatic heterocycles. The van der Waals surface area contributed by atoms with Crippen LogP contribution < -0.4 is 5.73 Å². The van der Waals surface area contributed by atoms with Crippen molar-refractivity contribution < 1.29 is 14.2 Å². The zero-order valence-electron chi connectivity index (χ0n) is 13.7. The second-order valence-corrected chi connectivity index (χ2v) is 7.44. The first-order chi connectivity index (χ1) is 10.5. The van der Waals surface area contributed by atoms with Gasteiger partial charge in [0.05, 0.1) is 12.1 Å². The third kappa shape index (κ3) is 2.56. The van der Waals surface area contributed by atoms with Crippen molar-refractivity contribution >= 4 is 5.84 Å². The zero-order valence-corrected chi connectivity index (χ0v) is 13.7. The molecule has 0 amide bonds. The first-order valence-corrected chi connectivity index (χ1v) is 8.78. The van der Waals surface area contributed by atoms with Gasteiger partial charge in [-0.3, -0.25) is 4.99 Å². The van der Waals surface area contributed by atoms with Gasteiger partial charge >= 0.3 is 0 Å². The highest BCUT2D eigenvalue weighted by atomic mass is 19.1. The van der Waals surface area contributed by atoms with E-state index in [1.165, 1.54) is 0 Å². The Morgan fingerprint density at radius 3 is 2.77 bits per heavy atom. The maximum atomic E-state index is 14.1. The van der Waals surface area contributed by atoms with Crippen molar-refractivity contribution in [2.24, 2.45) is 28.5 Å². The summed E-state index contributed by atoms with van der Waals surface area (Å²) in [5.41, 5.74) is 4.98. The van der Waals surface area contributed by atoms with E-state index in [1.807, 2.05) is 6.92 Å². The quantitative estimate of drug-likeness (QED) is 0.841. The predicted octanol–water partition coefficient (Wildman–Crippen LogP) is 2.44. The van der Waals surface area contributed by atoms with E-state index < -0.39 is 11.8 Å². The number of nitrogens with zero attached hydrogens (tertiary/aromatic N) is 1. The second kappa shape index (κ2) is 6.08. The molecule has 0 saturated heterocycles. The maximum absolute atomic E-state index is 14.1. The van der Waals surface area contributed by atoms with Gasteiger partial charge in [0.2, 0.25) is 0 Å². The van der Waals surface area contributed by atoms with Gasteiger partial charge in [-0.2, -0.15) is 0 Å².